The number of nitrogens with one attached hydrogen (secondary N) is 2. The Labute approximate surface area is 444 Å². The first-order valence-electron chi connectivity index (χ1n) is 26.4. The van der Waals surface area contributed by atoms with Crippen LogP contribution >= 0.6 is 0 Å². The molecule has 0 heterocycles. The summed E-state index contributed by atoms with van der Waals surface area (Å²) in [4.78, 5) is 36.4. The van der Waals surface area contributed by atoms with Crippen molar-refractivity contribution in [3.63, 3.8) is 0 Å². The highest BCUT2D eigenvalue weighted by atomic mass is 16.6. The Morgan fingerprint density at radius 2 is 0.973 bits per heavy atom. The molecule has 0 radical (unpaired) electrons. The largest absolute Gasteiger partial charge is 0.462 e. The van der Waals surface area contributed by atoms with Gasteiger partial charge in [0.05, 0.1) is 19.8 Å². The highest BCUT2D eigenvalue weighted by molar-refractivity contribution is 5.95. The lowest BCUT2D eigenvalue weighted by molar-refractivity contribution is -0.140. The molecule has 17 heteroatoms. The monoisotopic (exact) mass is 1040 g/mol. The second-order valence-electron chi connectivity index (χ2n) is 17.4. The van der Waals surface area contributed by atoms with E-state index in [2.05, 4.69) is 17.6 Å². The average molecular weight is 1040 g/mol. The SMILES string of the molecule is C.CCCCOCCOC(=O)/C(C#N)=C1\C=C(NCCCOC)CCC1.CCOCCCOC(=O)/C(C#N)=C1\C=C(CCCCOC)CCC1.COCCCNC1=C/C(=C(/C#N)C(=O)OCCCCCO)CCC1. The van der Waals surface area contributed by atoms with E-state index >= 15 is 0 Å². The first kappa shape index (κ1) is 68.7. The van der Waals surface area contributed by atoms with Gasteiger partial charge in [-0.05, 0) is 151 Å². The maximum Gasteiger partial charge on any atom is 0.349 e. The lowest BCUT2D eigenvalue weighted by Crippen LogP contribution is -2.19. The number of hydrogen-bond donors (Lipinski definition) is 3. The van der Waals surface area contributed by atoms with Crippen molar-refractivity contribution in [3.8, 4) is 18.2 Å². The second-order valence-corrected chi connectivity index (χ2v) is 17.4. The van der Waals surface area contributed by atoms with Crippen LogP contribution in [-0.4, -0.2) is 130 Å². The molecule has 416 valence electrons. The number of nitrogens with zero attached hydrogens (tertiary/aromatic N) is 3. The normalized spacial score (nSPS) is 15.9. The van der Waals surface area contributed by atoms with Crippen LogP contribution in [0.15, 0.2) is 68.6 Å². The standard InChI is InChI=1S/C19H30N2O4.C19H29NO4.C18H28N2O4.CH4/c1-3-4-11-24-12-13-25-19(22)18(15-20)16-7-5-8-17(14-16)21-9-6-10-23-2;1-3-23-12-7-13-24-19(21)18(15-20)17-10-6-9-16(14-17)8-4-5-11-22-2;1-23-11-6-9-20-16-8-5-7-15(13-16)17(14-19)18(22)24-12-4-2-3-10-21;/h14,21H,3-13H2,1-2H3;14H,3-13H2,1-2H3;13,20-21H,2-12H2,1H3;1H4/b18-16-;18-17-;17-15-;. The summed E-state index contributed by atoms with van der Waals surface area (Å²) in [5, 5.41) is 43.4. The molecule has 0 fully saturated rings. The molecule has 0 saturated heterocycles. The molecule has 0 aliphatic heterocycles. The highest BCUT2D eigenvalue weighted by Gasteiger charge is 2.21. The first-order valence-corrected chi connectivity index (χ1v) is 26.4. The molecule has 0 bridgehead atoms. The van der Waals surface area contributed by atoms with Crippen LogP contribution in [0, 0.1) is 34.0 Å². The Bertz CT molecular complexity index is 1830. The Hall–Kier alpha value is -5.32. The van der Waals surface area contributed by atoms with Gasteiger partial charge in [0.2, 0.25) is 0 Å². The maximum atomic E-state index is 12.1. The van der Waals surface area contributed by atoms with Crippen LogP contribution in [0.3, 0.4) is 0 Å². The Morgan fingerprint density at radius 1 is 0.514 bits per heavy atom. The molecule has 3 aliphatic rings. The first-order chi connectivity index (χ1) is 35.7. The molecular formula is C57H91N5O12. The van der Waals surface area contributed by atoms with E-state index in [9.17, 15) is 30.2 Å². The fourth-order valence-electron chi connectivity index (χ4n) is 7.67. The number of aliphatic hydroxyl groups is 1. The van der Waals surface area contributed by atoms with Gasteiger partial charge in [0.25, 0.3) is 0 Å². The number of unbranched alkanes of at least 4 members (excludes halogenated alkanes) is 4. The lowest BCUT2D eigenvalue weighted by atomic mass is 9.90. The third-order valence-electron chi connectivity index (χ3n) is 11.6. The average Bonchev–Trinajstić information content (AvgIpc) is 3.40. The minimum Gasteiger partial charge on any atom is -0.462 e. The van der Waals surface area contributed by atoms with Crippen molar-refractivity contribution in [2.24, 2.45) is 0 Å². The summed E-state index contributed by atoms with van der Waals surface area (Å²) in [6.07, 6.45) is 23.5. The van der Waals surface area contributed by atoms with Gasteiger partial charge >= 0.3 is 17.9 Å². The molecule has 3 aliphatic carbocycles. The fraction of sp³-hybridized carbons (Fsp3) is 0.684. The smallest absolute Gasteiger partial charge is 0.349 e. The molecule has 0 atom stereocenters. The molecule has 3 rings (SSSR count). The van der Waals surface area contributed by atoms with Gasteiger partial charge in [0.15, 0.2) is 0 Å². The van der Waals surface area contributed by atoms with E-state index in [0.29, 0.717) is 71.7 Å². The molecule has 0 spiro atoms. The zero-order valence-electron chi connectivity index (χ0n) is 44.8. The van der Waals surface area contributed by atoms with E-state index < -0.39 is 17.9 Å². The number of carbonyl (C=O) groups is 3. The van der Waals surface area contributed by atoms with Crippen molar-refractivity contribution in [1.29, 1.82) is 15.8 Å². The van der Waals surface area contributed by atoms with Gasteiger partial charge < -0.3 is 53.6 Å². The minimum absolute atomic E-state index is 0. The Kier molecular flexibility index (Phi) is 44.0. The topological polar surface area (TPSA) is 241 Å². The number of nitriles is 3. The van der Waals surface area contributed by atoms with Crippen LogP contribution in [0.4, 0.5) is 0 Å². The molecule has 0 saturated carbocycles. The molecule has 0 amide bonds. The van der Waals surface area contributed by atoms with Crippen LogP contribution in [-0.2, 0) is 52.3 Å². The third kappa shape index (κ3) is 32.1. The molecule has 0 unspecified atom stereocenters. The van der Waals surface area contributed by atoms with Crippen molar-refractivity contribution in [2.75, 3.05) is 107 Å². The van der Waals surface area contributed by atoms with Crippen molar-refractivity contribution >= 4 is 17.9 Å². The van der Waals surface area contributed by atoms with Crippen molar-refractivity contribution in [2.45, 2.75) is 150 Å². The van der Waals surface area contributed by atoms with E-state index in [1.165, 1.54) is 5.57 Å². The summed E-state index contributed by atoms with van der Waals surface area (Å²) in [5.74, 6) is -1.62. The van der Waals surface area contributed by atoms with E-state index in [1.807, 2.05) is 43.4 Å². The number of carbonyl (C=O) groups excluding carboxylic acids is 3. The zero-order valence-corrected chi connectivity index (χ0v) is 44.8. The zero-order chi connectivity index (χ0) is 53.6. The van der Waals surface area contributed by atoms with Crippen molar-refractivity contribution in [3.05, 3.63) is 68.6 Å². The van der Waals surface area contributed by atoms with Crippen LogP contribution in [0.25, 0.3) is 0 Å². The second kappa shape index (κ2) is 47.4. The summed E-state index contributed by atoms with van der Waals surface area (Å²) >= 11 is 0. The molecule has 17 nitrogen and oxygen atoms in total. The number of rotatable bonds is 34. The number of aliphatic hydroxyl groups excluding tert-OH is 1. The van der Waals surface area contributed by atoms with E-state index in [-0.39, 0.29) is 50.6 Å². The molecule has 0 aromatic rings. The summed E-state index contributed by atoms with van der Waals surface area (Å²) in [5.41, 5.74) is 6.09. The number of methoxy groups -OCH3 is 3. The van der Waals surface area contributed by atoms with Crippen LogP contribution in [0.1, 0.15) is 150 Å². The summed E-state index contributed by atoms with van der Waals surface area (Å²) in [7, 11) is 5.07. The summed E-state index contributed by atoms with van der Waals surface area (Å²) < 4.78 is 41.2. The van der Waals surface area contributed by atoms with E-state index in [4.69, 9.17) is 43.0 Å². The predicted molar refractivity (Wildman–Crippen MR) is 286 cm³/mol. The van der Waals surface area contributed by atoms with Gasteiger partial charge in [0.1, 0.15) is 41.5 Å². The third-order valence-corrected chi connectivity index (χ3v) is 11.6. The van der Waals surface area contributed by atoms with Crippen molar-refractivity contribution < 1.29 is 57.4 Å². The van der Waals surface area contributed by atoms with Crippen molar-refractivity contribution in [1.82, 2.24) is 10.6 Å². The van der Waals surface area contributed by atoms with Gasteiger partial charge in [-0.1, -0.05) is 32.4 Å². The van der Waals surface area contributed by atoms with Gasteiger partial charge in [-0.15, -0.1) is 0 Å². The summed E-state index contributed by atoms with van der Waals surface area (Å²) in [6, 6.07) is 6.02. The number of allylic oxidation sites excluding steroid dienone is 9. The summed E-state index contributed by atoms with van der Waals surface area (Å²) in [6.45, 7) is 10.9. The molecule has 3 N–H and O–H groups in total. The predicted octanol–water partition coefficient (Wildman–Crippen LogP) is 9.41. The molecule has 0 aromatic carbocycles. The van der Waals surface area contributed by atoms with Crippen LogP contribution in [0.2, 0.25) is 0 Å². The Morgan fingerprint density at radius 3 is 1.46 bits per heavy atom. The van der Waals surface area contributed by atoms with Crippen LogP contribution in [0.5, 0.6) is 0 Å². The van der Waals surface area contributed by atoms with E-state index in [1.54, 1.807) is 21.3 Å². The number of hydrogen-bond acceptors (Lipinski definition) is 17. The number of esters is 3. The molecule has 74 heavy (non-hydrogen) atoms. The minimum atomic E-state index is -0.562. The quantitative estimate of drug-likeness (QED) is 0.0179. The highest BCUT2D eigenvalue weighted by Crippen LogP contribution is 2.29. The van der Waals surface area contributed by atoms with E-state index in [0.717, 1.165) is 144 Å². The molecular weight excluding hydrogens is 947 g/mol. The van der Waals surface area contributed by atoms with Gasteiger partial charge in [0, 0.05) is 98.5 Å². The lowest BCUT2D eigenvalue weighted by Gasteiger charge is -2.18. The number of ether oxygens (including phenoxy) is 8. The van der Waals surface area contributed by atoms with Gasteiger partial charge in [-0.25, -0.2) is 14.4 Å². The van der Waals surface area contributed by atoms with Gasteiger partial charge in [-0.2, -0.15) is 15.8 Å². The Balaban J connectivity index is 0.00000107. The van der Waals surface area contributed by atoms with Crippen LogP contribution < -0.4 is 10.6 Å². The molecule has 0 aromatic heterocycles. The van der Waals surface area contributed by atoms with Gasteiger partial charge in [-0.3, -0.25) is 0 Å². The maximum absolute atomic E-state index is 12.1. The fourth-order valence-corrected chi connectivity index (χ4v) is 7.67.